The van der Waals surface area contributed by atoms with Crippen LogP contribution in [0.15, 0.2) is 41.2 Å². The molecule has 0 aromatic carbocycles. The number of hydrogen-bond donors (Lipinski definition) is 2. The molecular weight excluding hydrogens is 258 g/mol. The molecule has 0 fully saturated rings. The van der Waals surface area contributed by atoms with E-state index in [1.165, 1.54) is 0 Å². The summed E-state index contributed by atoms with van der Waals surface area (Å²) >= 11 is 0. The Balaban J connectivity index is 1.70. The van der Waals surface area contributed by atoms with Gasteiger partial charge in [0.2, 0.25) is 0 Å². The lowest BCUT2D eigenvalue weighted by molar-refractivity contribution is 0.0994. The van der Waals surface area contributed by atoms with Gasteiger partial charge in [0, 0.05) is 18.0 Å². The number of aromatic nitrogens is 4. The van der Waals surface area contributed by atoms with Crippen molar-refractivity contribution in [2.24, 2.45) is 0 Å². The van der Waals surface area contributed by atoms with Gasteiger partial charge in [-0.05, 0) is 25.1 Å². The molecule has 102 valence electrons. The van der Waals surface area contributed by atoms with Gasteiger partial charge in [-0.3, -0.25) is 14.6 Å². The van der Waals surface area contributed by atoms with E-state index in [9.17, 15) is 4.79 Å². The van der Waals surface area contributed by atoms with Crippen LogP contribution in [0.2, 0.25) is 0 Å². The van der Waals surface area contributed by atoms with E-state index < -0.39 is 0 Å². The third-order valence-corrected chi connectivity index (χ3v) is 2.83. The van der Waals surface area contributed by atoms with Gasteiger partial charge in [-0.2, -0.15) is 10.2 Å². The van der Waals surface area contributed by atoms with Gasteiger partial charge in [0.05, 0.1) is 12.7 Å². The van der Waals surface area contributed by atoms with Crippen LogP contribution in [-0.2, 0) is 6.54 Å². The maximum atomic E-state index is 12.0. The molecular formula is C13H13N5O2. The number of aryl methyl sites for hydroxylation is 1. The molecule has 0 aliphatic rings. The molecule has 0 radical (unpaired) electrons. The van der Waals surface area contributed by atoms with Crippen molar-refractivity contribution in [3.8, 4) is 0 Å². The Labute approximate surface area is 114 Å². The lowest BCUT2D eigenvalue weighted by Crippen LogP contribution is -2.12. The summed E-state index contributed by atoms with van der Waals surface area (Å²) in [5, 5.41) is 13.3. The van der Waals surface area contributed by atoms with E-state index in [2.05, 4.69) is 20.6 Å². The molecule has 7 heteroatoms. The van der Waals surface area contributed by atoms with E-state index >= 15 is 0 Å². The van der Waals surface area contributed by atoms with Crippen LogP contribution in [0, 0.1) is 6.92 Å². The van der Waals surface area contributed by atoms with Gasteiger partial charge in [0.15, 0.2) is 5.76 Å². The van der Waals surface area contributed by atoms with Crippen molar-refractivity contribution in [3.63, 3.8) is 0 Å². The number of amides is 1. The van der Waals surface area contributed by atoms with Crippen LogP contribution in [0.25, 0.3) is 0 Å². The number of hydrogen-bond acceptors (Lipinski definition) is 4. The Kier molecular flexibility index (Phi) is 3.08. The number of anilines is 1. The lowest BCUT2D eigenvalue weighted by atomic mass is 10.3. The standard InChI is InChI=1S/C13H13N5O2/c1-9-7-14-17-12(9)16-13(19)11-4-3-10(20-11)8-18-6-2-5-15-18/h2-7H,8H2,1H3,(H2,14,16,17,19). The second-order valence-corrected chi connectivity index (χ2v) is 4.35. The fourth-order valence-electron chi connectivity index (χ4n) is 1.79. The number of rotatable bonds is 4. The number of carbonyl (C=O) groups excluding carboxylic acids is 1. The molecule has 7 nitrogen and oxygen atoms in total. The number of furan rings is 1. The molecule has 1 amide bonds. The largest absolute Gasteiger partial charge is 0.454 e. The number of aromatic amines is 1. The number of nitrogens with zero attached hydrogens (tertiary/aromatic N) is 3. The van der Waals surface area contributed by atoms with Gasteiger partial charge in [0.25, 0.3) is 5.91 Å². The summed E-state index contributed by atoms with van der Waals surface area (Å²) in [4.78, 5) is 12.0. The molecule has 2 N–H and O–H groups in total. The number of H-pyrrole nitrogens is 1. The average Bonchev–Trinajstić information content (AvgIpc) is 3.14. The molecule has 0 spiro atoms. The predicted molar refractivity (Wildman–Crippen MR) is 71.3 cm³/mol. The molecule has 3 rings (SSSR count). The van der Waals surface area contributed by atoms with Crippen molar-refractivity contribution in [2.75, 3.05) is 5.32 Å². The predicted octanol–water partition coefficient (Wildman–Crippen LogP) is 1.81. The first-order valence-corrected chi connectivity index (χ1v) is 6.10. The topological polar surface area (TPSA) is 88.7 Å². The minimum absolute atomic E-state index is 0.251. The Morgan fingerprint density at radius 1 is 1.50 bits per heavy atom. The first kappa shape index (κ1) is 12.2. The van der Waals surface area contributed by atoms with Crippen LogP contribution in [0.3, 0.4) is 0 Å². The Morgan fingerprint density at radius 3 is 3.10 bits per heavy atom. The highest BCUT2D eigenvalue weighted by molar-refractivity contribution is 6.02. The SMILES string of the molecule is Cc1cn[nH]c1NC(=O)c1ccc(Cn2cccn2)o1. The van der Waals surface area contributed by atoms with Gasteiger partial charge in [-0.15, -0.1) is 0 Å². The highest BCUT2D eigenvalue weighted by Gasteiger charge is 2.13. The fraction of sp³-hybridized carbons (Fsp3) is 0.154. The summed E-state index contributed by atoms with van der Waals surface area (Å²) in [6.07, 6.45) is 5.16. The first-order chi connectivity index (χ1) is 9.72. The van der Waals surface area contributed by atoms with Gasteiger partial charge in [0.1, 0.15) is 11.6 Å². The van der Waals surface area contributed by atoms with Crippen molar-refractivity contribution in [2.45, 2.75) is 13.5 Å². The molecule has 0 unspecified atom stereocenters. The van der Waals surface area contributed by atoms with E-state index in [-0.39, 0.29) is 11.7 Å². The second kappa shape index (κ2) is 5.04. The summed E-state index contributed by atoms with van der Waals surface area (Å²) in [5.74, 6) is 1.17. The zero-order valence-corrected chi connectivity index (χ0v) is 10.8. The quantitative estimate of drug-likeness (QED) is 0.757. The van der Waals surface area contributed by atoms with Crippen molar-refractivity contribution in [1.29, 1.82) is 0 Å². The zero-order valence-electron chi connectivity index (χ0n) is 10.8. The third kappa shape index (κ3) is 2.46. The minimum atomic E-state index is -0.316. The molecule has 0 atom stereocenters. The highest BCUT2D eigenvalue weighted by Crippen LogP contribution is 2.13. The van der Waals surface area contributed by atoms with Gasteiger partial charge in [-0.1, -0.05) is 0 Å². The van der Waals surface area contributed by atoms with Crippen LogP contribution in [-0.4, -0.2) is 25.9 Å². The second-order valence-electron chi connectivity index (χ2n) is 4.35. The van der Waals surface area contributed by atoms with Crippen LogP contribution in [0.1, 0.15) is 21.9 Å². The molecule has 0 saturated heterocycles. The number of carbonyl (C=O) groups is 1. The maximum Gasteiger partial charge on any atom is 0.292 e. The third-order valence-electron chi connectivity index (χ3n) is 2.83. The first-order valence-electron chi connectivity index (χ1n) is 6.10. The molecule has 0 bridgehead atoms. The van der Waals surface area contributed by atoms with Crippen LogP contribution >= 0.6 is 0 Å². The average molecular weight is 271 g/mol. The van der Waals surface area contributed by atoms with Crippen LogP contribution in [0.4, 0.5) is 5.82 Å². The lowest BCUT2D eigenvalue weighted by Gasteiger charge is -2.01. The molecule has 0 aliphatic carbocycles. The van der Waals surface area contributed by atoms with Gasteiger partial charge < -0.3 is 9.73 Å². The summed E-state index contributed by atoms with van der Waals surface area (Å²) in [7, 11) is 0. The fourth-order valence-corrected chi connectivity index (χ4v) is 1.79. The molecule has 20 heavy (non-hydrogen) atoms. The summed E-state index contributed by atoms with van der Waals surface area (Å²) in [5.41, 5.74) is 0.863. The van der Waals surface area contributed by atoms with E-state index in [1.807, 2.05) is 19.2 Å². The highest BCUT2D eigenvalue weighted by atomic mass is 16.4. The Morgan fingerprint density at radius 2 is 2.40 bits per heavy atom. The van der Waals surface area contributed by atoms with Gasteiger partial charge >= 0.3 is 0 Å². The minimum Gasteiger partial charge on any atom is -0.454 e. The van der Waals surface area contributed by atoms with E-state index in [1.54, 1.807) is 29.2 Å². The molecule has 3 aromatic heterocycles. The van der Waals surface area contributed by atoms with E-state index in [0.29, 0.717) is 18.1 Å². The summed E-state index contributed by atoms with van der Waals surface area (Å²) in [6, 6.07) is 5.23. The molecule has 3 heterocycles. The van der Waals surface area contributed by atoms with E-state index in [0.717, 1.165) is 5.56 Å². The van der Waals surface area contributed by atoms with E-state index in [4.69, 9.17) is 4.42 Å². The maximum absolute atomic E-state index is 12.0. The Hall–Kier alpha value is -2.83. The molecule has 3 aromatic rings. The molecule has 0 saturated carbocycles. The molecule has 0 aliphatic heterocycles. The van der Waals surface area contributed by atoms with Crippen LogP contribution < -0.4 is 5.32 Å². The summed E-state index contributed by atoms with van der Waals surface area (Å²) < 4.78 is 7.22. The Bertz CT molecular complexity index is 711. The number of nitrogens with one attached hydrogen (secondary N) is 2. The van der Waals surface area contributed by atoms with Crippen molar-refractivity contribution in [3.05, 3.63) is 53.9 Å². The monoisotopic (exact) mass is 271 g/mol. The van der Waals surface area contributed by atoms with Crippen LogP contribution in [0.5, 0.6) is 0 Å². The zero-order chi connectivity index (χ0) is 13.9. The normalized spacial score (nSPS) is 10.7. The smallest absolute Gasteiger partial charge is 0.292 e. The van der Waals surface area contributed by atoms with Gasteiger partial charge in [-0.25, -0.2) is 0 Å². The summed E-state index contributed by atoms with van der Waals surface area (Å²) in [6.45, 7) is 2.34. The van der Waals surface area contributed by atoms with Crippen molar-refractivity contribution in [1.82, 2.24) is 20.0 Å². The van der Waals surface area contributed by atoms with Crippen molar-refractivity contribution < 1.29 is 9.21 Å². The van der Waals surface area contributed by atoms with Crippen molar-refractivity contribution >= 4 is 11.7 Å².